The molecule has 0 bridgehead atoms. The third kappa shape index (κ3) is 2.39. The van der Waals surface area contributed by atoms with Gasteiger partial charge in [-0.2, -0.15) is 8.42 Å². The first-order chi connectivity index (χ1) is 9.47. The molecule has 2 N–H and O–H groups in total. The van der Waals surface area contributed by atoms with Gasteiger partial charge in [-0.05, 0) is 37.3 Å². The Morgan fingerprint density at radius 2 is 2.10 bits per heavy atom. The monoisotopic (exact) mass is 314 g/mol. The van der Waals surface area contributed by atoms with Gasteiger partial charge >= 0.3 is 10.3 Å². The van der Waals surface area contributed by atoms with Crippen molar-refractivity contribution in [2.24, 2.45) is 0 Å². The molecule has 0 aromatic carbocycles. The third-order valence-corrected chi connectivity index (χ3v) is 5.54. The summed E-state index contributed by atoms with van der Waals surface area (Å²) in [5, 5.41) is 10.3. The van der Waals surface area contributed by atoms with E-state index in [4.69, 9.17) is 4.55 Å². The Bertz CT molecular complexity index is 709. The minimum atomic E-state index is -4.45. The van der Waals surface area contributed by atoms with Gasteiger partial charge in [0.25, 0.3) is 0 Å². The van der Waals surface area contributed by atoms with E-state index in [0.717, 1.165) is 32.0 Å². The Morgan fingerprint density at radius 3 is 2.80 bits per heavy atom. The maximum absolute atomic E-state index is 11.2. The highest BCUT2D eigenvalue weighted by atomic mass is 32.2. The molecule has 0 radical (unpaired) electrons. The summed E-state index contributed by atoms with van der Waals surface area (Å²) in [6, 6.07) is 1.92. The van der Waals surface area contributed by atoms with Crippen LogP contribution in [-0.4, -0.2) is 27.0 Å². The number of imidazole rings is 1. The average molecular weight is 314 g/mol. The molecule has 1 atom stereocenters. The van der Waals surface area contributed by atoms with Crippen molar-refractivity contribution in [2.45, 2.75) is 31.8 Å². The molecule has 1 aliphatic carbocycles. The van der Waals surface area contributed by atoms with E-state index in [1.165, 1.54) is 28.0 Å². The summed E-state index contributed by atoms with van der Waals surface area (Å²) in [6.07, 6.45) is 5.41. The number of aryl methyl sites for hydroxylation is 2. The maximum atomic E-state index is 11.2. The van der Waals surface area contributed by atoms with Crippen molar-refractivity contribution in [2.75, 3.05) is 0 Å². The van der Waals surface area contributed by atoms with Crippen molar-refractivity contribution in [1.82, 2.24) is 8.96 Å². The number of hydrogen-bond donors (Lipinski definition) is 2. The largest absolute Gasteiger partial charge is 0.381 e. The number of aliphatic hydroxyl groups excluding tert-OH is 1. The fourth-order valence-electron chi connectivity index (χ4n) is 2.47. The van der Waals surface area contributed by atoms with Crippen molar-refractivity contribution in [3.63, 3.8) is 0 Å². The van der Waals surface area contributed by atoms with E-state index in [-0.39, 0.29) is 5.69 Å². The van der Waals surface area contributed by atoms with Gasteiger partial charge in [0.05, 0.1) is 11.9 Å². The van der Waals surface area contributed by atoms with Gasteiger partial charge in [0, 0.05) is 9.75 Å². The molecule has 0 spiro atoms. The number of aliphatic hydroxyl groups is 1. The van der Waals surface area contributed by atoms with E-state index in [1.807, 2.05) is 6.07 Å². The Morgan fingerprint density at radius 1 is 1.35 bits per heavy atom. The van der Waals surface area contributed by atoms with E-state index in [9.17, 15) is 13.5 Å². The topological polar surface area (TPSA) is 92.4 Å². The normalized spacial score (nSPS) is 16.9. The zero-order valence-corrected chi connectivity index (χ0v) is 12.2. The molecule has 0 fully saturated rings. The van der Waals surface area contributed by atoms with E-state index < -0.39 is 16.4 Å². The molecule has 2 heterocycles. The predicted octanol–water partition coefficient (Wildman–Crippen LogP) is 1.56. The molecule has 1 aliphatic rings. The number of thiophene rings is 1. The maximum Gasteiger partial charge on any atom is 0.365 e. The molecule has 0 saturated carbocycles. The number of nitrogens with zero attached hydrogens (tertiary/aromatic N) is 2. The van der Waals surface area contributed by atoms with Gasteiger partial charge in [-0.25, -0.2) is 8.96 Å². The summed E-state index contributed by atoms with van der Waals surface area (Å²) in [6.45, 7) is 0. The second-order valence-corrected chi connectivity index (χ2v) is 7.26. The van der Waals surface area contributed by atoms with Crippen molar-refractivity contribution in [1.29, 1.82) is 0 Å². The first-order valence-electron chi connectivity index (χ1n) is 6.26. The highest BCUT2D eigenvalue weighted by Gasteiger charge is 2.24. The van der Waals surface area contributed by atoms with Crippen LogP contribution in [0.15, 0.2) is 18.6 Å². The minimum Gasteiger partial charge on any atom is -0.381 e. The van der Waals surface area contributed by atoms with Gasteiger partial charge in [-0.3, -0.25) is 4.55 Å². The lowest BCUT2D eigenvalue weighted by Crippen LogP contribution is -2.15. The van der Waals surface area contributed by atoms with E-state index in [2.05, 4.69) is 4.98 Å². The smallest absolute Gasteiger partial charge is 0.365 e. The highest BCUT2D eigenvalue weighted by Crippen LogP contribution is 2.35. The van der Waals surface area contributed by atoms with Crippen LogP contribution in [0.25, 0.3) is 0 Å². The van der Waals surface area contributed by atoms with Gasteiger partial charge in [0.1, 0.15) is 12.4 Å². The molecule has 1 unspecified atom stereocenters. The van der Waals surface area contributed by atoms with Crippen molar-refractivity contribution >= 4 is 21.6 Å². The van der Waals surface area contributed by atoms with Gasteiger partial charge in [-0.1, -0.05) is 0 Å². The van der Waals surface area contributed by atoms with Crippen LogP contribution in [0.3, 0.4) is 0 Å². The van der Waals surface area contributed by atoms with Crippen LogP contribution in [0.1, 0.15) is 40.0 Å². The van der Waals surface area contributed by atoms with Gasteiger partial charge < -0.3 is 5.11 Å². The first kappa shape index (κ1) is 13.7. The molecule has 0 amide bonds. The number of hydrogen-bond acceptors (Lipinski definition) is 5. The summed E-state index contributed by atoms with van der Waals surface area (Å²) in [4.78, 5) is 5.62. The molecule has 8 heteroatoms. The summed E-state index contributed by atoms with van der Waals surface area (Å²) in [5.74, 6) is 0. The van der Waals surface area contributed by atoms with Crippen LogP contribution in [0.4, 0.5) is 0 Å². The SMILES string of the molecule is O=S(=O)(O)n1cncc1C(O)c1cc2c(s1)CCCC2. The van der Waals surface area contributed by atoms with Crippen LogP contribution in [0.5, 0.6) is 0 Å². The van der Waals surface area contributed by atoms with Gasteiger partial charge in [0.2, 0.25) is 0 Å². The quantitative estimate of drug-likeness (QED) is 0.839. The van der Waals surface area contributed by atoms with E-state index >= 15 is 0 Å². The molecular formula is C12H14N2O4S2. The standard InChI is InChI=1S/C12H14N2O4S2/c15-12(9-6-13-7-14(9)20(16,17)18)11-5-8-3-1-2-4-10(8)19-11/h5-7,12,15H,1-4H2,(H,16,17,18). The van der Waals surface area contributed by atoms with Gasteiger partial charge in [0.15, 0.2) is 0 Å². The molecule has 0 aliphatic heterocycles. The lowest BCUT2D eigenvalue weighted by atomic mass is 9.99. The summed E-state index contributed by atoms with van der Waals surface area (Å²) in [5.41, 5.74) is 1.28. The molecule has 2 aromatic rings. The van der Waals surface area contributed by atoms with Crippen molar-refractivity contribution < 1.29 is 18.1 Å². The lowest BCUT2D eigenvalue weighted by Gasteiger charge is -2.09. The second kappa shape index (κ2) is 4.96. The molecule has 3 rings (SSSR count). The Hall–Kier alpha value is -1.22. The van der Waals surface area contributed by atoms with Crippen LogP contribution in [-0.2, 0) is 23.1 Å². The minimum absolute atomic E-state index is 0.0473. The lowest BCUT2D eigenvalue weighted by molar-refractivity contribution is 0.217. The van der Waals surface area contributed by atoms with Gasteiger partial charge in [-0.15, -0.1) is 11.3 Å². The van der Waals surface area contributed by atoms with E-state index in [0.29, 0.717) is 8.85 Å². The number of rotatable bonds is 3. The highest BCUT2D eigenvalue weighted by molar-refractivity contribution is 7.84. The summed E-state index contributed by atoms with van der Waals surface area (Å²) in [7, 11) is -4.45. The zero-order valence-electron chi connectivity index (χ0n) is 10.6. The van der Waals surface area contributed by atoms with Crippen molar-refractivity contribution in [3.8, 4) is 0 Å². The van der Waals surface area contributed by atoms with Crippen LogP contribution in [0, 0.1) is 0 Å². The molecule has 2 aromatic heterocycles. The molecule has 108 valence electrons. The number of fused-ring (bicyclic) bond motifs is 1. The number of aromatic nitrogens is 2. The fourth-order valence-corrected chi connectivity index (χ4v) is 4.32. The van der Waals surface area contributed by atoms with E-state index in [1.54, 1.807) is 0 Å². The third-order valence-electron chi connectivity index (χ3n) is 3.45. The Balaban J connectivity index is 1.99. The summed E-state index contributed by atoms with van der Waals surface area (Å²) >= 11 is 1.49. The summed E-state index contributed by atoms with van der Waals surface area (Å²) < 4.78 is 32.1. The predicted molar refractivity (Wildman–Crippen MR) is 74.2 cm³/mol. The molecule has 6 nitrogen and oxygen atoms in total. The average Bonchev–Trinajstić information content (AvgIpc) is 3.03. The molecular weight excluding hydrogens is 300 g/mol. The Kier molecular flexibility index (Phi) is 3.41. The second-order valence-electron chi connectivity index (χ2n) is 4.80. The molecule has 0 saturated heterocycles. The Labute approximate surface area is 120 Å². The van der Waals surface area contributed by atoms with Crippen molar-refractivity contribution in [3.05, 3.63) is 39.6 Å². The molecule has 20 heavy (non-hydrogen) atoms. The first-order valence-corrected chi connectivity index (χ1v) is 8.48. The zero-order chi connectivity index (χ0) is 14.3. The van der Waals surface area contributed by atoms with Crippen LogP contribution >= 0.6 is 11.3 Å². The van der Waals surface area contributed by atoms with Crippen LogP contribution in [0.2, 0.25) is 0 Å². The van der Waals surface area contributed by atoms with Crippen LogP contribution < -0.4 is 0 Å². The fraction of sp³-hybridized carbons (Fsp3) is 0.417.